The summed E-state index contributed by atoms with van der Waals surface area (Å²) in [5.41, 5.74) is 4.82. The molecule has 0 bridgehead atoms. The van der Waals surface area contributed by atoms with Gasteiger partial charge in [0, 0.05) is 35.6 Å². The van der Waals surface area contributed by atoms with Crippen molar-refractivity contribution in [1.29, 1.82) is 0 Å². The van der Waals surface area contributed by atoms with E-state index in [4.69, 9.17) is 8.94 Å². The van der Waals surface area contributed by atoms with Crippen LogP contribution in [0.15, 0.2) is 70.0 Å². The van der Waals surface area contributed by atoms with Crippen LogP contribution in [0.3, 0.4) is 0 Å². The van der Waals surface area contributed by atoms with Gasteiger partial charge in [0.15, 0.2) is 0 Å². The molecule has 2 aromatic carbocycles. The summed E-state index contributed by atoms with van der Waals surface area (Å²) in [6.07, 6.45) is 4.61. The number of rotatable bonds is 6. The Morgan fingerprint density at radius 1 is 1.08 bits per heavy atom. The molecule has 0 aliphatic heterocycles. The fourth-order valence-corrected chi connectivity index (χ4v) is 3.89. The molecule has 9 nitrogen and oxygen atoms in total. The topological polar surface area (TPSA) is 112 Å². The number of oxazole rings is 1. The number of nitrogens with one attached hydrogen (secondary N) is 1. The van der Waals surface area contributed by atoms with Gasteiger partial charge in [0.05, 0.1) is 18.3 Å². The predicted octanol–water partition coefficient (Wildman–Crippen LogP) is 5.18. The van der Waals surface area contributed by atoms with Gasteiger partial charge in [-0.05, 0) is 42.7 Å². The molecule has 1 amide bonds. The van der Waals surface area contributed by atoms with E-state index in [1.807, 2.05) is 56.6 Å². The minimum Gasteiger partial charge on any atom is -0.431 e. The molecule has 0 radical (unpaired) electrons. The monoisotopic (exact) mass is 484 g/mol. The maximum Gasteiger partial charge on any atom is 0.293 e. The maximum atomic E-state index is 13.3. The first kappa shape index (κ1) is 21.9. The number of aryl methyl sites for hydroxylation is 2. The lowest BCUT2D eigenvalue weighted by Gasteiger charge is -2.08. The number of aromatic nitrogens is 5. The van der Waals surface area contributed by atoms with Crippen molar-refractivity contribution < 1.29 is 18.1 Å². The molecule has 1 aliphatic carbocycles. The molecule has 180 valence electrons. The summed E-state index contributed by atoms with van der Waals surface area (Å²) in [5.74, 6) is 0.309. The van der Waals surface area contributed by atoms with Crippen molar-refractivity contribution in [2.24, 2.45) is 7.05 Å². The molecular formula is C26H21FN6O3. The van der Waals surface area contributed by atoms with E-state index in [-0.39, 0.29) is 11.7 Å². The molecule has 1 N–H and O–H groups in total. The molecule has 2 atom stereocenters. The van der Waals surface area contributed by atoms with Crippen molar-refractivity contribution >= 4 is 11.6 Å². The first-order valence-corrected chi connectivity index (χ1v) is 11.4. The highest BCUT2D eigenvalue weighted by Crippen LogP contribution is 2.43. The van der Waals surface area contributed by atoms with E-state index in [1.165, 1.54) is 6.20 Å². The van der Waals surface area contributed by atoms with Crippen molar-refractivity contribution in [2.75, 3.05) is 5.32 Å². The number of hydrogen-bond donors (Lipinski definition) is 1. The molecule has 3 aromatic heterocycles. The zero-order valence-electron chi connectivity index (χ0n) is 19.5. The number of nitrogens with zero attached hydrogens (tertiary/aromatic N) is 5. The first-order chi connectivity index (χ1) is 17.4. The standard InChI is InChI=1S/C26H21FN6O3/c1-14-3-4-17(23-31-26(36-32-23)19-10-20(19)27)9-21(14)30-24(34)22-12-28-25(35-22)16-7-5-15(6-8-16)18-11-29-33(2)13-18/h3-9,11-13,19-20H,10H2,1-2H3,(H,30,34)/t19-,20-/m0/s1. The third kappa shape index (κ3) is 4.17. The molecular weight excluding hydrogens is 463 g/mol. The maximum absolute atomic E-state index is 13.3. The Labute approximate surface area is 205 Å². The number of amides is 1. The lowest BCUT2D eigenvalue weighted by atomic mass is 10.1. The van der Waals surface area contributed by atoms with Gasteiger partial charge in [0.1, 0.15) is 6.17 Å². The Balaban J connectivity index is 1.18. The van der Waals surface area contributed by atoms with Gasteiger partial charge in [0.2, 0.25) is 23.4 Å². The molecule has 0 spiro atoms. The van der Waals surface area contributed by atoms with E-state index >= 15 is 0 Å². The van der Waals surface area contributed by atoms with Crippen molar-refractivity contribution in [3.8, 4) is 34.0 Å². The smallest absolute Gasteiger partial charge is 0.293 e. The molecule has 1 saturated carbocycles. The number of hydrogen-bond acceptors (Lipinski definition) is 7. The minimum absolute atomic E-state index is 0.0794. The van der Waals surface area contributed by atoms with Gasteiger partial charge in [-0.2, -0.15) is 10.1 Å². The summed E-state index contributed by atoms with van der Waals surface area (Å²) < 4.78 is 26.0. The molecule has 0 saturated heterocycles. The van der Waals surface area contributed by atoms with Gasteiger partial charge in [-0.1, -0.05) is 29.4 Å². The van der Waals surface area contributed by atoms with Crippen molar-refractivity contribution in [2.45, 2.75) is 25.4 Å². The largest absolute Gasteiger partial charge is 0.431 e. The Bertz CT molecular complexity index is 1570. The van der Waals surface area contributed by atoms with Gasteiger partial charge in [0.25, 0.3) is 5.91 Å². The van der Waals surface area contributed by atoms with E-state index in [1.54, 1.807) is 16.9 Å². The number of alkyl halides is 1. The van der Waals surface area contributed by atoms with Crippen LogP contribution in [-0.2, 0) is 7.05 Å². The summed E-state index contributed by atoms with van der Waals surface area (Å²) in [6, 6.07) is 13.1. The van der Waals surface area contributed by atoms with Crippen LogP contribution in [0.5, 0.6) is 0 Å². The van der Waals surface area contributed by atoms with Crippen LogP contribution in [-0.4, -0.2) is 37.0 Å². The van der Waals surface area contributed by atoms with Crippen LogP contribution >= 0.6 is 0 Å². The van der Waals surface area contributed by atoms with E-state index in [2.05, 4.69) is 25.5 Å². The van der Waals surface area contributed by atoms with E-state index in [0.717, 1.165) is 22.3 Å². The van der Waals surface area contributed by atoms with Gasteiger partial charge >= 0.3 is 0 Å². The van der Waals surface area contributed by atoms with Crippen LogP contribution in [0.2, 0.25) is 0 Å². The van der Waals surface area contributed by atoms with Gasteiger partial charge in [-0.25, -0.2) is 9.37 Å². The fourth-order valence-electron chi connectivity index (χ4n) is 3.89. The summed E-state index contributed by atoms with van der Waals surface area (Å²) in [7, 11) is 1.87. The third-order valence-electron chi connectivity index (χ3n) is 6.12. The van der Waals surface area contributed by atoms with Crippen LogP contribution in [0.4, 0.5) is 10.1 Å². The Morgan fingerprint density at radius 3 is 2.56 bits per heavy atom. The number of carbonyl (C=O) groups is 1. The fraction of sp³-hybridized carbons (Fsp3) is 0.192. The second kappa shape index (κ2) is 8.56. The highest BCUT2D eigenvalue weighted by atomic mass is 19.1. The molecule has 1 aliphatic rings. The quantitative estimate of drug-likeness (QED) is 0.353. The molecule has 0 unspecified atom stereocenters. The Kier molecular flexibility index (Phi) is 5.21. The van der Waals surface area contributed by atoms with E-state index < -0.39 is 12.1 Å². The Hall–Kier alpha value is -4.60. The summed E-state index contributed by atoms with van der Waals surface area (Å²) >= 11 is 0. The minimum atomic E-state index is -0.919. The van der Waals surface area contributed by atoms with Crippen LogP contribution in [0.1, 0.15) is 34.3 Å². The highest BCUT2D eigenvalue weighted by molar-refractivity contribution is 6.03. The van der Waals surface area contributed by atoms with Gasteiger partial charge in [-0.3, -0.25) is 9.48 Å². The summed E-state index contributed by atoms with van der Waals surface area (Å²) in [5, 5.41) is 11.0. The van der Waals surface area contributed by atoms with E-state index in [9.17, 15) is 9.18 Å². The van der Waals surface area contributed by atoms with Crippen LogP contribution in [0, 0.1) is 6.92 Å². The molecule has 10 heteroatoms. The van der Waals surface area contributed by atoms with Crippen molar-refractivity contribution in [3.05, 3.63) is 78.3 Å². The molecule has 1 fully saturated rings. The third-order valence-corrected chi connectivity index (χ3v) is 6.12. The van der Waals surface area contributed by atoms with Crippen LogP contribution in [0.25, 0.3) is 34.0 Å². The number of anilines is 1. The lowest BCUT2D eigenvalue weighted by Crippen LogP contribution is -2.12. The Morgan fingerprint density at radius 2 is 1.83 bits per heavy atom. The molecule has 5 aromatic rings. The van der Waals surface area contributed by atoms with Gasteiger partial charge in [-0.15, -0.1) is 0 Å². The number of benzene rings is 2. The highest BCUT2D eigenvalue weighted by Gasteiger charge is 2.43. The normalized spacial score (nSPS) is 16.8. The molecule has 36 heavy (non-hydrogen) atoms. The van der Waals surface area contributed by atoms with Crippen molar-refractivity contribution in [1.82, 2.24) is 24.9 Å². The number of halogens is 1. The van der Waals surface area contributed by atoms with E-state index in [0.29, 0.717) is 35.3 Å². The average Bonchev–Trinajstić information content (AvgIpc) is 3.34. The molecule has 3 heterocycles. The SMILES string of the molecule is Cc1ccc(-c2noc([C@H]3C[C@@H]3F)n2)cc1NC(=O)c1cnc(-c2ccc(-c3cnn(C)c3)cc2)o1. The summed E-state index contributed by atoms with van der Waals surface area (Å²) in [4.78, 5) is 21.5. The van der Waals surface area contributed by atoms with Crippen molar-refractivity contribution in [3.63, 3.8) is 0 Å². The first-order valence-electron chi connectivity index (χ1n) is 11.4. The zero-order chi connectivity index (χ0) is 24.8. The lowest BCUT2D eigenvalue weighted by molar-refractivity contribution is 0.0997. The summed E-state index contributed by atoms with van der Waals surface area (Å²) in [6.45, 7) is 1.87. The molecule has 6 rings (SSSR count). The second-order valence-corrected chi connectivity index (χ2v) is 8.81. The van der Waals surface area contributed by atoms with Crippen LogP contribution < -0.4 is 5.32 Å². The zero-order valence-corrected chi connectivity index (χ0v) is 19.5. The predicted molar refractivity (Wildman–Crippen MR) is 129 cm³/mol. The average molecular weight is 484 g/mol. The van der Waals surface area contributed by atoms with Gasteiger partial charge < -0.3 is 14.3 Å². The number of carbonyl (C=O) groups excluding carboxylic acids is 1. The second-order valence-electron chi connectivity index (χ2n) is 8.81.